The van der Waals surface area contributed by atoms with E-state index in [1.165, 1.54) is 0 Å². The maximum atomic E-state index is 11.3. The number of rotatable bonds is 7. The highest BCUT2D eigenvalue weighted by Gasteiger charge is 2.19. The molecule has 20 heavy (non-hydrogen) atoms. The Balaban J connectivity index is 4.40. The molecule has 0 bridgehead atoms. The van der Waals surface area contributed by atoms with Gasteiger partial charge < -0.3 is 14.6 Å². The molecular weight excluding hydrogens is 295 g/mol. The third-order valence-corrected chi connectivity index (χ3v) is 2.64. The van der Waals surface area contributed by atoms with Crippen molar-refractivity contribution in [3.05, 3.63) is 0 Å². The summed E-state index contributed by atoms with van der Waals surface area (Å²) in [5, 5.41) is 15.0. The Bertz CT molecular complexity index is 310. The van der Waals surface area contributed by atoms with Crippen LogP contribution < -0.4 is 20.7 Å². The molecule has 0 heterocycles. The molecule has 5 N–H and O–H groups in total. The molecule has 0 aromatic heterocycles. The molecule has 0 rings (SSSR count). The van der Waals surface area contributed by atoms with Crippen molar-refractivity contribution in [1.82, 2.24) is 20.7 Å². The maximum Gasteiger partial charge on any atom is 0.413 e. The van der Waals surface area contributed by atoms with Crippen molar-refractivity contribution in [3.8, 4) is 0 Å². The van der Waals surface area contributed by atoms with E-state index < -0.39 is 33.4 Å². The van der Waals surface area contributed by atoms with Gasteiger partial charge in [-0.3, -0.25) is 15.3 Å². The summed E-state index contributed by atoms with van der Waals surface area (Å²) < 4.78 is 9.22. The number of amides is 4. The second-order valence-corrected chi connectivity index (χ2v) is 4.16. The van der Waals surface area contributed by atoms with Gasteiger partial charge in [0.05, 0.1) is 13.2 Å². The third-order valence-electron chi connectivity index (χ3n) is 1.40. The molecule has 0 aromatic carbocycles. The SMILES string of the molecule is CCOC(=O)NP(NC(=O)NOCO)NC(=O)OCC. The van der Waals surface area contributed by atoms with Gasteiger partial charge in [0.15, 0.2) is 6.79 Å². The van der Waals surface area contributed by atoms with Gasteiger partial charge in [-0.15, -0.1) is 0 Å². The van der Waals surface area contributed by atoms with Crippen LogP contribution in [0.25, 0.3) is 0 Å². The molecule has 0 aliphatic heterocycles. The van der Waals surface area contributed by atoms with Crippen molar-refractivity contribution in [2.45, 2.75) is 13.8 Å². The van der Waals surface area contributed by atoms with E-state index in [0.717, 1.165) is 0 Å². The summed E-state index contributed by atoms with van der Waals surface area (Å²) >= 11 is 0. The van der Waals surface area contributed by atoms with Crippen LogP contribution in [0.5, 0.6) is 0 Å². The van der Waals surface area contributed by atoms with Crippen LogP contribution in [0, 0.1) is 0 Å². The summed E-state index contributed by atoms with van der Waals surface area (Å²) in [7, 11) is -1.99. The van der Waals surface area contributed by atoms with Crippen molar-refractivity contribution in [1.29, 1.82) is 0 Å². The fraction of sp³-hybridized carbons (Fsp3) is 0.625. The zero-order valence-corrected chi connectivity index (χ0v) is 11.9. The Kier molecular flexibility index (Phi) is 10.0. The zero-order valence-electron chi connectivity index (χ0n) is 11.0. The molecule has 0 fully saturated rings. The average molecular weight is 312 g/mol. The quantitative estimate of drug-likeness (QED) is 0.250. The summed E-state index contributed by atoms with van der Waals surface area (Å²) in [6.45, 7) is 2.69. The summed E-state index contributed by atoms with van der Waals surface area (Å²) in [6.07, 6.45) is -1.67. The number of ether oxygens (including phenoxy) is 2. The molecule has 0 aromatic rings. The number of hydrogen-bond donors (Lipinski definition) is 5. The van der Waals surface area contributed by atoms with Crippen LogP contribution in [-0.2, 0) is 14.3 Å². The van der Waals surface area contributed by atoms with Crippen LogP contribution in [-0.4, -0.2) is 43.3 Å². The van der Waals surface area contributed by atoms with Crippen LogP contribution in [0.3, 0.4) is 0 Å². The first kappa shape index (κ1) is 18.2. The monoisotopic (exact) mass is 312 g/mol. The fourth-order valence-corrected chi connectivity index (χ4v) is 1.73. The Morgan fingerprint density at radius 2 is 1.50 bits per heavy atom. The van der Waals surface area contributed by atoms with Gasteiger partial charge in [-0.05, 0) is 13.8 Å². The van der Waals surface area contributed by atoms with Crippen molar-refractivity contribution < 1.29 is 33.8 Å². The van der Waals surface area contributed by atoms with Crippen LogP contribution >= 0.6 is 8.37 Å². The van der Waals surface area contributed by atoms with E-state index in [1.54, 1.807) is 19.3 Å². The topological polar surface area (TPSA) is 147 Å². The maximum absolute atomic E-state index is 11.3. The lowest BCUT2D eigenvalue weighted by Crippen LogP contribution is -2.41. The molecule has 116 valence electrons. The van der Waals surface area contributed by atoms with E-state index in [-0.39, 0.29) is 13.2 Å². The molecule has 0 saturated heterocycles. The van der Waals surface area contributed by atoms with Gasteiger partial charge in [0.1, 0.15) is 0 Å². The van der Waals surface area contributed by atoms with Crippen LogP contribution in [0.4, 0.5) is 14.4 Å². The van der Waals surface area contributed by atoms with Crippen molar-refractivity contribution in [3.63, 3.8) is 0 Å². The van der Waals surface area contributed by atoms with Crippen LogP contribution in [0.1, 0.15) is 13.8 Å². The second kappa shape index (κ2) is 11.0. The minimum Gasteiger partial charge on any atom is -0.450 e. The lowest BCUT2D eigenvalue weighted by atomic mass is 10.9. The molecule has 0 aliphatic rings. The molecular formula is C8H17N4O7P. The molecule has 0 aliphatic carbocycles. The van der Waals surface area contributed by atoms with E-state index in [4.69, 9.17) is 5.11 Å². The minimum atomic E-state index is -1.99. The highest BCUT2D eigenvalue weighted by molar-refractivity contribution is 7.53. The van der Waals surface area contributed by atoms with E-state index in [2.05, 4.69) is 29.6 Å². The number of urea groups is 1. The van der Waals surface area contributed by atoms with E-state index in [9.17, 15) is 14.4 Å². The molecule has 11 nitrogen and oxygen atoms in total. The normalized spacial score (nSPS) is 9.60. The predicted octanol–water partition coefficient (Wildman–Crippen LogP) is -0.114. The minimum absolute atomic E-state index is 0.119. The van der Waals surface area contributed by atoms with Gasteiger partial charge in [0.2, 0.25) is 8.37 Å². The third kappa shape index (κ3) is 9.14. The summed E-state index contributed by atoms with van der Waals surface area (Å²) in [5.41, 5.74) is 1.81. The van der Waals surface area contributed by atoms with Gasteiger partial charge in [0.25, 0.3) is 0 Å². The number of carbonyl (C=O) groups excluding carboxylic acids is 3. The Morgan fingerprint density at radius 1 is 1.00 bits per heavy atom. The van der Waals surface area contributed by atoms with Gasteiger partial charge in [-0.1, -0.05) is 0 Å². The largest absolute Gasteiger partial charge is 0.450 e. The van der Waals surface area contributed by atoms with E-state index in [0.29, 0.717) is 0 Å². The molecule has 0 spiro atoms. The molecule has 4 amide bonds. The van der Waals surface area contributed by atoms with Gasteiger partial charge >= 0.3 is 18.2 Å². The number of aliphatic hydroxyl groups excluding tert-OH is 1. The predicted molar refractivity (Wildman–Crippen MR) is 67.1 cm³/mol. The summed E-state index contributed by atoms with van der Waals surface area (Å²) in [4.78, 5) is 38.0. The molecule has 0 unspecified atom stereocenters. The van der Waals surface area contributed by atoms with E-state index in [1.807, 2.05) is 0 Å². The highest BCUT2D eigenvalue weighted by Crippen LogP contribution is 2.19. The molecule has 12 heteroatoms. The number of hydrogen-bond acceptors (Lipinski definition) is 7. The number of aliphatic hydroxyl groups is 1. The Hall–Kier alpha value is -1.84. The number of carbonyl (C=O) groups is 3. The molecule has 0 saturated carbocycles. The summed E-state index contributed by atoms with van der Waals surface area (Å²) in [6, 6.07) is -0.890. The van der Waals surface area contributed by atoms with Crippen molar-refractivity contribution in [2.75, 3.05) is 20.0 Å². The van der Waals surface area contributed by atoms with Crippen molar-refractivity contribution in [2.24, 2.45) is 0 Å². The lowest BCUT2D eigenvalue weighted by Gasteiger charge is -2.19. The van der Waals surface area contributed by atoms with E-state index >= 15 is 0 Å². The average Bonchev–Trinajstić information content (AvgIpc) is 2.36. The van der Waals surface area contributed by atoms with Crippen LogP contribution in [0.2, 0.25) is 0 Å². The molecule has 0 radical (unpaired) electrons. The number of hydroxylamine groups is 1. The fourth-order valence-electron chi connectivity index (χ4n) is 0.815. The second-order valence-electron chi connectivity index (χ2n) is 2.82. The Morgan fingerprint density at radius 3 is 1.90 bits per heavy atom. The van der Waals surface area contributed by atoms with Gasteiger partial charge in [0, 0.05) is 0 Å². The first-order valence-electron chi connectivity index (χ1n) is 5.49. The van der Waals surface area contributed by atoms with Gasteiger partial charge in [-0.25, -0.2) is 24.7 Å². The number of nitrogens with one attached hydrogen (secondary N) is 4. The highest BCUT2D eigenvalue weighted by atomic mass is 31.1. The van der Waals surface area contributed by atoms with Crippen LogP contribution in [0.15, 0.2) is 0 Å². The Labute approximate surface area is 116 Å². The standard InChI is InChI=1S/C8H17N4O7P/c1-3-17-7(15)11-20(12-8(16)18-4-2)10-6(14)9-19-5-13/h13H,3-5H2,1-2H3,(H,11,15)(H,12,16)(H2,9,10,14). The first-order valence-corrected chi connectivity index (χ1v) is 6.83. The zero-order chi connectivity index (χ0) is 15.4. The van der Waals surface area contributed by atoms with Crippen molar-refractivity contribution >= 4 is 26.6 Å². The first-order chi connectivity index (χ1) is 9.53. The van der Waals surface area contributed by atoms with Gasteiger partial charge in [-0.2, -0.15) is 0 Å². The smallest absolute Gasteiger partial charge is 0.413 e. The lowest BCUT2D eigenvalue weighted by molar-refractivity contribution is -0.0429. The summed E-state index contributed by atoms with van der Waals surface area (Å²) in [5.74, 6) is 0. The molecule has 0 atom stereocenters.